The quantitative estimate of drug-likeness (QED) is 0.671. The molecule has 0 bridgehead atoms. The van der Waals surface area contributed by atoms with Crippen molar-refractivity contribution < 1.29 is 14.7 Å². The van der Waals surface area contributed by atoms with Crippen molar-refractivity contribution >= 4 is 39.5 Å². The number of benzene rings is 2. The zero-order chi connectivity index (χ0) is 18.5. The lowest BCUT2D eigenvalue weighted by Gasteiger charge is -2.32. The van der Waals surface area contributed by atoms with Crippen molar-refractivity contribution in [2.45, 2.75) is 29.9 Å². The van der Waals surface area contributed by atoms with Crippen LogP contribution in [0.25, 0.3) is 0 Å². The highest BCUT2D eigenvalue weighted by molar-refractivity contribution is 9.10. The Hall–Kier alpha value is -1.63. The van der Waals surface area contributed by atoms with Crippen LogP contribution in [0.5, 0.6) is 0 Å². The molecule has 6 heteroatoms. The van der Waals surface area contributed by atoms with Gasteiger partial charge in [0.15, 0.2) is 0 Å². The Balaban J connectivity index is 1.88. The van der Waals surface area contributed by atoms with Gasteiger partial charge in [-0.05, 0) is 23.3 Å². The molecular formula is C20H20BrNO3S. The molecule has 2 aromatic carbocycles. The topological polar surface area (TPSA) is 57.6 Å². The molecule has 0 aromatic heterocycles. The van der Waals surface area contributed by atoms with Crippen molar-refractivity contribution in [3.8, 4) is 0 Å². The van der Waals surface area contributed by atoms with Gasteiger partial charge >= 0.3 is 0 Å². The highest BCUT2D eigenvalue weighted by Gasteiger charge is 2.39. The fourth-order valence-corrected chi connectivity index (χ4v) is 4.55. The van der Waals surface area contributed by atoms with Crippen molar-refractivity contribution in [2.75, 3.05) is 6.61 Å². The first-order valence-corrected chi connectivity index (χ1v) is 10.3. The van der Waals surface area contributed by atoms with E-state index in [1.807, 2.05) is 54.6 Å². The van der Waals surface area contributed by atoms with Crippen molar-refractivity contribution in [3.05, 3.63) is 70.2 Å². The average Bonchev–Trinajstić information content (AvgIpc) is 2.99. The van der Waals surface area contributed by atoms with Crippen LogP contribution in [0.4, 0.5) is 0 Å². The van der Waals surface area contributed by atoms with Gasteiger partial charge in [-0.1, -0.05) is 58.4 Å². The van der Waals surface area contributed by atoms with Crippen molar-refractivity contribution in [1.82, 2.24) is 4.90 Å². The third kappa shape index (κ3) is 4.37. The number of rotatable bonds is 7. The number of carbonyl (C=O) groups excluding carboxylic acids is 2. The van der Waals surface area contributed by atoms with Gasteiger partial charge in [0.1, 0.15) is 0 Å². The van der Waals surface area contributed by atoms with E-state index in [4.69, 9.17) is 0 Å². The molecule has 1 aliphatic rings. The number of imide groups is 1. The maximum Gasteiger partial charge on any atom is 0.230 e. The standard InChI is InChI=1S/C20H20BrNO3S/c21-16-8-6-15(7-9-16)20(22-18(24)10-11-19(22)25)17(12-23)26-13-14-4-2-1-3-5-14/h1-9,17,20,23H,10-13H2/t17-,20-/m1/s1. The zero-order valence-corrected chi connectivity index (χ0v) is 16.6. The van der Waals surface area contributed by atoms with Gasteiger partial charge in [0.25, 0.3) is 0 Å². The largest absolute Gasteiger partial charge is 0.395 e. The van der Waals surface area contributed by atoms with E-state index in [9.17, 15) is 14.7 Å². The second-order valence-electron chi connectivity index (χ2n) is 6.17. The molecule has 2 aromatic rings. The van der Waals surface area contributed by atoms with E-state index in [0.29, 0.717) is 5.75 Å². The first-order valence-electron chi connectivity index (χ1n) is 8.47. The van der Waals surface area contributed by atoms with Gasteiger partial charge in [-0.3, -0.25) is 14.5 Å². The molecule has 1 N–H and O–H groups in total. The minimum absolute atomic E-state index is 0.116. The Morgan fingerprint density at radius 1 is 1.00 bits per heavy atom. The predicted octanol–water partition coefficient (Wildman–Crippen LogP) is 3.93. The lowest BCUT2D eigenvalue weighted by molar-refractivity contribution is -0.141. The van der Waals surface area contributed by atoms with Gasteiger partial charge < -0.3 is 5.11 Å². The average molecular weight is 434 g/mol. The molecule has 2 amide bonds. The van der Waals surface area contributed by atoms with Gasteiger partial charge in [0, 0.05) is 23.1 Å². The zero-order valence-electron chi connectivity index (χ0n) is 14.2. The van der Waals surface area contributed by atoms with Crippen LogP contribution in [-0.2, 0) is 15.3 Å². The molecule has 1 fully saturated rings. The third-order valence-electron chi connectivity index (χ3n) is 4.42. The Morgan fingerprint density at radius 3 is 2.19 bits per heavy atom. The SMILES string of the molecule is O=C1CCC(=O)N1[C@H](c1ccc(Br)cc1)[C@@H](CO)SCc1ccccc1. The number of hydrogen-bond donors (Lipinski definition) is 1. The van der Waals surface area contributed by atoms with Gasteiger partial charge in [-0.2, -0.15) is 0 Å². The molecule has 2 atom stereocenters. The summed E-state index contributed by atoms with van der Waals surface area (Å²) in [7, 11) is 0. The van der Waals surface area contributed by atoms with Crippen molar-refractivity contribution in [2.24, 2.45) is 0 Å². The van der Waals surface area contributed by atoms with E-state index in [0.717, 1.165) is 15.6 Å². The first kappa shape index (κ1) is 19.1. The first-order chi connectivity index (χ1) is 12.6. The number of halogens is 1. The van der Waals surface area contributed by atoms with Gasteiger partial charge in [0.2, 0.25) is 11.8 Å². The summed E-state index contributed by atoms with van der Waals surface area (Å²) in [6, 6.07) is 17.1. The van der Waals surface area contributed by atoms with Crippen LogP contribution in [0.3, 0.4) is 0 Å². The second kappa shape index (κ2) is 8.84. The highest BCUT2D eigenvalue weighted by atomic mass is 79.9. The summed E-state index contributed by atoms with van der Waals surface area (Å²) in [4.78, 5) is 26.1. The van der Waals surface area contributed by atoms with Crippen LogP contribution in [-0.4, -0.2) is 33.7 Å². The van der Waals surface area contributed by atoms with E-state index < -0.39 is 6.04 Å². The predicted molar refractivity (Wildman–Crippen MR) is 107 cm³/mol. The van der Waals surface area contributed by atoms with Gasteiger partial charge in [-0.15, -0.1) is 11.8 Å². The Bertz CT molecular complexity index is 750. The van der Waals surface area contributed by atoms with Gasteiger partial charge in [-0.25, -0.2) is 0 Å². The number of hydrogen-bond acceptors (Lipinski definition) is 4. The third-order valence-corrected chi connectivity index (χ3v) is 6.28. The van der Waals surface area contributed by atoms with Crippen LogP contribution < -0.4 is 0 Å². The van der Waals surface area contributed by atoms with Crippen LogP contribution in [0.15, 0.2) is 59.1 Å². The number of aliphatic hydroxyl groups excluding tert-OH is 1. The molecule has 0 saturated carbocycles. The second-order valence-corrected chi connectivity index (χ2v) is 8.31. The van der Waals surface area contributed by atoms with Crippen molar-refractivity contribution in [1.29, 1.82) is 0 Å². The number of amides is 2. The summed E-state index contributed by atoms with van der Waals surface area (Å²) in [5, 5.41) is 9.75. The lowest BCUT2D eigenvalue weighted by atomic mass is 10.0. The summed E-state index contributed by atoms with van der Waals surface area (Å²) in [6.07, 6.45) is 0.487. The highest BCUT2D eigenvalue weighted by Crippen LogP contribution is 2.37. The monoisotopic (exact) mass is 433 g/mol. The number of carbonyl (C=O) groups is 2. The van der Waals surface area contributed by atoms with E-state index in [2.05, 4.69) is 15.9 Å². The maximum atomic E-state index is 12.4. The fraction of sp³-hybridized carbons (Fsp3) is 0.300. The summed E-state index contributed by atoms with van der Waals surface area (Å²) in [6.45, 7) is -0.116. The maximum absolute atomic E-state index is 12.4. The molecule has 0 aliphatic carbocycles. The summed E-state index contributed by atoms with van der Waals surface area (Å²) in [5.41, 5.74) is 2.00. The normalized spacial score (nSPS) is 16.8. The number of nitrogens with zero attached hydrogens (tertiary/aromatic N) is 1. The Kier molecular flexibility index (Phi) is 6.51. The van der Waals surface area contributed by atoms with Gasteiger partial charge in [0.05, 0.1) is 17.9 Å². The Morgan fingerprint density at radius 2 is 1.62 bits per heavy atom. The van der Waals surface area contributed by atoms with E-state index in [1.165, 1.54) is 4.90 Å². The molecule has 136 valence electrons. The molecule has 0 radical (unpaired) electrons. The van der Waals surface area contributed by atoms with E-state index in [-0.39, 0.29) is 36.5 Å². The molecule has 0 unspecified atom stereocenters. The minimum Gasteiger partial charge on any atom is -0.395 e. The molecule has 3 rings (SSSR count). The molecule has 1 aliphatic heterocycles. The number of aliphatic hydroxyl groups is 1. The van der Waals surface area contributed by atoms with Crippen LogP contribution in [0.2, 0.25) is 0 Å². The van der Waals surface area contributed by atoms with Crippen LogP contribution in [0, 0.1) is 0 Å². The molecule has 1 heterocycles. The Labute approximate surface area is 165 Å². The molecule has 0 spiro atoms. The summed E-state index contributed by atoms with van der Waals surface area (Å²) >= 11 is 4.98. The summed E-state index contributed by atoms with van der Waals surface area (Å²) in [5.74, 6) is 0.373. The van der Waals surface area contributed by atoms with Crippen LogP contribution in [0.1, 0.15) is 30.0 Å². The molecule has 1 saturated heterocycles. The van der Waals surface area contributed by atoms with E-state index >= 15 is 0 Å². The molecule has 4 nitrogen and oxygen atoms in total. The van der Waals surface area contributed by atoms with Crippen LogP contribution >= 0.6 is 27.7 Å². The molecular weight excluding hydrogens is 414 g/mol. The number of likely N-dealkylation sites (tertiary alicyclic amines) is 1. The fourth-order valence-electron chi connectivity index (χ4n) is 3.12. The van der Waals surface area contributed by atoms with E-state index in [1.54, 1.807) is 11.8 Å². The number of thioether (sulfide) groups is 1. The summed E-state index contributed by atoms with van der Waals surface area (Å²) < 4.78 is 0.927. The molecule has 26 heavy (non-hydrogen) atoms. The smallest absolute Gasteiger partial charge is 0.230 e. The minimum atomic E-state index is -0.468. The van der Waals surface area contributed by atoms with Crippen molar-refractivity contribution in [3.63, 3.8) is 0 Å². The lowest BCUT2D eigenvalue weighted by Crippen LogP contribution is -2.40.